The molecule has 1 aliphatic carbocycles. The monoisotopic (exact) mass is 334 g/mol. The lowest BCUT2D eigenvalue weighted by atomic mass is 10.1. The normalized spacial score (nSPS) is 22.2. The highest BCUT2D eigenvalue weighted by Gasteiger charge is 2.61. The molecule has 0 saturated heterocycles. The van der Waals surface area contributed by atoms with E-state index in [2.05, 4.69) is 0 Å². The van der Waals surface area contributed by atoms with Gasteiger partial charge < -0.3 is 4.74 Å². The highest BCUT2D eigenvalue weighted by molar-refractivity contribution is 6.55. The van der Waals surface area contributed by atoms with Crippen molar-refractivity contribution >= 4 is 39.9 Å². The van der Waals surface area contributed by atoms with E-state index in [1.165, 1.54) is 0 Å². The first-order valence-electron chi connectivity index (χ1n) is 7.13. The first-order chi connectivity index (χ1) is 10.4. The third kappa shape index (κ3) is 2.73. The Kier molecular flexibility index (Phi) is 3.92. The van der Waals surface area contributed by atoms with Crippen molar-refractivity contribution in [3.05, 3.63) is 53.0 Å². The molecule has 0 unspecified atom stereocenters. The highest BCUT2D eigenvalue weighted by Crippen LogP contribution is 2.60. The Morgan fingerprint density at radius 1 is 1.14 bits per heavy atom. The third-order valence-electron chi connectivity index (χ3n) is 4.43. The minimum atomic E-state index is -0.239. The van der Waals surface area contributed by atoms with Crippen LogP contribution in [0.2, 0.25) is 0 Å². The molecule has 0 aliphatic heterocycles. The van der Waals surface area contributed by atoms with E-state index in [4.69, 9.17) is 27.9 Å². The van der Waals surface area contributed by atoms with Crippen molar-refractivity contribution in [2.24, 2.45) is 17.3 Å². The molecule has 0 bridgehead atoms. The minimum Gasteiger partial charge on any atom is -0.426 e. The number of carbonyl (C=O) groups excluding carboxylic acids is 1. The smallest absolute Gasteiger partial charge is 0.315 e. The molecule has 0 heterocycles. The maximum absolute atomic E-state index is 12.5. The molecule has 0 aromatic heterocycles. The number of allylic oxidation sites excluding steroid dienone is 1. The largest absolute Gasteiger partial charge is 0.426 e. The summed E-state index contributed by atoms with van der Waals surface area (Å²) in [5.41, 5.74) is -0.184. The molecule has 0 amide bonds. The molecule has 0 N–H and O–H groups in total. The van der Waals surface area contributed by atoms with Crippen molar-refractivity contribution in [2.75, 3.05) is 0 Å². The van der Waals surface area contributed by atoms with Gasteiger partial charge >= 0.3 is 5.97 Å². The second-order valence-electron chi connectivity index (χ2n) is 6.18. The van der Waals surface area contributed by atoms with Crippen LogP contribution in [0.25, 0.3) is 10.8 Å². The van der Waals surface area contributed by atoms with Gasteiger partial charge in [-0.15, -0.1) is 0 Å². The van der Waals surface area contributed by atoms with Gasteiger partial charge in [-0.25, -0.2) is 0 Å². The van der Waals surface area contributed by atoms with Crippen molar-refractivity contribution in [3.63, 3.8) is 0 Å². The predicted octanol–water partition coefficient (Wildman–Crippen LogP) is 5.34. The number of halogens is 2. The van der Waals surface area contributed by atoms with Gasteiger partial charge in [0.1, 0.15) is 10.2 Å². The zero-order chi connectivity index (χ0) is 15.9. The zero-order valence-corrected chi connectivity index (χ0v) is 13.9. The van der Waals surface area contributed by atoms with E-state index < -0.39 is 0 Å². The molecule has 1 saturated carbocycles. The SMILES string of the molecule is CC1(C)[C@@H](C=C(Cl)Cl)[C@@H]1C(=O)Oc1cccc2ccccc12. The Morgan fingerprint density at radius 2 is 1.82 bits per heavy atom. The van der Waals surface area contributed by atoms with Gasteiger partial charge in [0.15, 0.2) is 0 Å². The first-order valence-corrected chi connectivity index (χ1v) is 7.89. The first kappa shape index (κ1) is 15.4. The number of fused-ring (bicyclic) bond motifs is 1. The van der Waals surface area contributed by atoms with Gasteiger partial charge in [0.25, 0.3) is 0 Å². The van der Waals surface area contributed by atoms with Gasteiger partial charge in [-0.3, -0.25) is 4.79 Å². The van der Waals surface area contributed by atoms with E-state index in [1.54, 1.807) is 6.08 Å². The lowest BCUT2D eigenvalue weighted by Crippen LogP contribution is -2.14. The molecule has 0 spiro atoms. The third-order valence-corrected chi connectivity index (χ3v) is 4.68. The number of benzene rings is 2. The fraction of sp³-hybridized carbons (Fsp3) is 0.278. The van der Waals surface area contributed by atoms with Crippen molar-refractivity contribution in [2.45, 2.75) is 13.8 Å². The maximum Gasteiger partial charge on any atom is 0.315 e. The van der Waals surface area contributed by atoms with Gasteiger partial charge in [-0.1, -0.05) is 73.4 Å². The summed E-state index contributed by atoms with van der Waals surface area (Å²) in [5.74, 6) is 0.140. The maximum atomic E-state index is 12.5. The molecule has 114 valence electrons. The minimum absolute atomic E-state index is 0.0139. The molecule has 22 heavy (non-hydrogen) atoms. The standard InChI is InChI=1S/C18H16Cl2O2/c1-18(2)13(10-15(19)20)16(18)17(21)22-14-9-5-7-11-6-3-4-8-12(11)14/h3-10,13,16H,1-2H3/t13-,16+/m0/s1. The average molecular weight is 335 g/mol. The number of carbonyl (C=O) groups is 1. The lowest BCUT2D eigenvalue weighted by molar-refractivity contribution is -0.136. The number of ether oxygens (including phenoxy) is 1. The topological polar surface area (TPSA) is 26.3 Å². The lowest BCUT2D eigenvalue weighted by Gasteiger charge is -2.08. The molecular formula is C18H16Cl2O2. The fourth-order valence-corrected chi connectivity index (χ4v) is 3.30. The van der Waals surface area contributed by atoms with Crippen LogP contribution in [0.4, 0.5) is 0 Å². The van der Waals surface area contributed by atoms with E-state index in [-0.39, 0.29) is 27.7 Å². The molecule has 2 aromatic rings. The van der Waals surface area contributed by atoms with Crippen LogP contribution < -0.4 is 4.74 Å². The van der Waals surface area contributed by atoms with Crippen LogP contribution in [0, 0.1) is 17.3 Å². The number of hydrogen-bond acceptors (Lipinski definition) is 2. The molecule has 2 aromatic carbocycles. The Balaban J connectivity index is 1.84. The number of esters is 1. The van der Waals surface area contributed by atoms with E-state index in [1.807, 2.05) is 56.3 Å². The van der Waals surface area contributed by atoms with Crippen molar-refractivity contribution in [1.82, 2.24) is 0 Å². The summed E-state index contributed by atoms with van der Waals surface area (Å²) in [5, 5.41) is 1.97. The predicted molar refractivity (Wildman–Crippen MR) is 90.1 cm³/mol. The molecule has 2 nitrogen and oxygen atoms in total. The van der Waals surface area contributed by atoms with Crippen LogP contribution >= 0.6 is 23.2 Å². The van der Waals surface area contributed by atoms with Crippen LogP contribution in [0.15, 0.2) is 53.0 Å². The number of rotatable bonds is 3. The van der Waals surface area contributed by atoms with E-state index in [0.29, 0.717) is 5.75 Å². The van der Waals surface area contributed by atoms with Crippen LogP contribution in [0.1, 0.15) is 13.8 Å². The van der Waals surface area contributed by atoms with Gasteiger partial charge in [0.05, 0.1) is 5.92 Å². The van der Waals surface area contributed by atoms with Crippen LogP contribution in [-0.2, 0) is 4.79 Å². The Bertz CT molecular complexity index is 755. The summed E-state index contributed by atoms with van der Waals surface area (Å²) in [6.07, 6.45) is 1.72. The van der Waals surface area contributed by atoms with Gasteiger partial charge in [-0.2, -0.15) is 0 Å². The van der Waals surface area contributed by atoms with E-state index in [9.17, 15) is 4.79 Å². The molecule has 0 radical (unpaired) electrons. The Hall–Kier alpha value is -1.51. The van der Waals surface area contributed by atoms with Gasteiger partial charge in [0.2, 0.25) is 0 Å². The molecule has 4 heteroatoms. The van der Waals surface area contributed by atoms with Crippen molar-refractivity contribution < 1.29 is 9.53 Å². The van der Waals surface area contributed by atoms with Crippen LogP contribution in [-0.4, -0.2) is 5.97 Å². The van der Waals surface area contributed by atoms with E-state index >= 15 is 0 Å². The van der Waals surface area contributed by atoms with E-state index in [0.717, 1.165) is 10.8 Å². The zero-order valence-electron chi connectivity index (χ0n) is 12.3. The second kappa shape index (κ2) is 5.60. The Labute approximate surface area is 139 Å². The molecule has 1 aliphatic rings. The summed E-state index contributed by atoms with van der Waals surface area (Å²) < 4.78 is 5.84. The average Bonchev–Trinajstić information content (AvgIpc) is 2.99. The van der Waals surface area contributed by atoms with Gasteiger partial charge in [-0.05, 0) is 28.9 Å². The summed E-state index contributed by atoms with van der Waals surface area (Å²) in [4.78, 5) is 12.5. The van der Waals surface area contributed by atoms with Crippen LogP contribution in [0.5, 0.6) is 5.75 Å². The van der Waals surface area contributed by atoms with Gasteiger partial charge in [0, 0.05) is 5.39 Å². The highest BCUT2D eigenvalue weighted by atomic mass is 35.5. The second-order valence-corrected chi connectivity index (χ2v) is 7.19. The Morgan fingerprint density at radius 3 is 2.55 bits per heavy atom. The fourth-order valence-electron chi connectivity index (χ4n) is 3.03. The van der Waals surface area contributed by atoms with Crippen molar-refractivity contribution in [1.29, 1.82) is 0 Å². The molecule has 3 rings (SSSR count). The number of hydrogen-bond donors (Lipinski definition) is 0. The molecule has 1 fully saturated rings. The summed E-state index contributed by atoms with van der Waals surface area (Å²) >= 11 is 11.4. The van der Waals surface area contributed by atoms with Crippen LogP contribution in [0.3, 0.4) is 0 Å². The molecular weight excluding hydrogens is 319 g/mol. The van der Waals surface area contributed by atoms with Crippen molar-refractivity contribution in [3.8, 4) is 5.75 Å². The summed E-state index contributed by atoms with van der Waals surface area (Å²) in [7, 11) is 0. The quantitative estimate of drug-likeness (QED) is 0.559. The summed E-state index contributed by atoms with van der Waals surface area (Å²) in [6, 6.07) is 13.5. The molecule has 2 atom stereocenters. The summed E-state index contributed by atoms with van der Waals surface area (Å²) in [6.45, 7) is 4.03.